The van der Waals surface area contributed by atoms with Gasteiger partial charge in [0.2, 0.25) is 5.91 Å². The first-order valence-electron chi connectivity index (χ1n) is 7.91. The predicted octanol–water partition coefficient (Wildman–Crippen LogP) is 3.96. The predicted molar refractivity (Wildman–Crippen MR) is 95.0 cm³/mol. The Morgan fingerprint density at radius 1 is 1.17 bits per heavy atom. The van der Waals surface area contributed by atoms with E-state index in [0.717, 1.165) is 35.6 Å². The zero-order valence-electron chi connectivity index (χ0n) is 13.5. The van der Waals surface area contributed by atoms with Crippen molar-refractivity contribution in [1.82, 2.24) is 0 Å². The van der Waals surface area contributed by atoms with Crippen LogP contribution in [0.4, 0.5) is 11.4 Å². The first-order chi connectivity index (χ1) is 11.1. The van der Waals surface area contributed by atoms with E-state index in [2.05, 4.69) is 29.6 Å². The minimum Gasteiger partial charge on any atom is -0.312 e. The maximum Gasteiger partial charge on any atom is 0.227 e. The lowest BCUT2D eigenvalue weighted by molar-refractivity contribution is -0.117. The monoisotopic (exact) mass is 307 g/mol. The van der Waals surface area contributed by atoms with Crippen molar-refractivity contribution in [3.05, 3.63) is 59.7 Å². The SMILES string of the molecule is C/C(=N/Nc1cccc(C)c1)c1ccc(N2CCCC2=O)cc1. The van der Waals surface area contributed by atoms with Gasteiger partial charge in [-0.1, -0.05) is 24.3 Å². The molecule has 1 fully saturated rings. The van der Waals surface area contributed by atoms with Crippen molar-refractivity contribution in [3.8, 4) is 0 Å². The summed E-state index contributed by atoms with van der Waals surface area (Å²) >= 11 is 0. The van der Waals surface area contributed by atoms with Gasteiger partial charge in [-0.05, 0) is 55.7 Å². The third-order valence-corrected chi connectivity index (χ3v) is 4.04. The average molecular weight is 307 g/mol. The first-order valence-corrected chi connectivity index (χ1v) is 7.91. The molecule has 23 heavy (non-hydrogen) atoms. The second kappa shape index (κ2) is 6.65. The Kier molecular flexibility index (Phi) is 4.42. The molecule has 1 amide bonds. The molecule has 0 saturated carbocycles. The molecule has 4 heteroatoms. The average Bonchev–Trinajstić information content (AvgIpc) is 2.99. The molecule has 0 bridgehead atoms. The number of hydrogen-bond acceptors (Lipinski definition) is 3. The number of hydrazone groups is 1. The summed E-state index contributed by atoms with van der Waals surface area (Å²) in [7, 11) is 0. The zero-order valence-corrected chi connectivity index (χ0v) is 13.5. The fourth-order valence-corrected chi connectivity index (χ4v) is 2.73. The molecule has 4 nitrogen and oxygen atoms in total. The first kappa shape index (κ1) is 15.3. The van der Waals surface area contributed by atoms with E-state index in [1.807, 2.05) is 48.2 Å². The largest absolute Gasteiger partial charge is 0.312 e. The van der Waals surface area contributed by atoms with Crippen LogP contribution in [-0.2, 0) is 4.79 Å². The normalized spacial score (nSPS) is 15.1. The minimum atomic E-state index is 0.212. The molecule has 0 aliphatic carbocycles. The second-order valence-electron chi connectivity index (χ2n) is 5.87. The Bertz CT molecular complexity index is 735. The molecule has 0 atom stereocenters. The molecular formula is C19H21N3O. The van der Waals surface area contributed by atoms with Crippen LogP contribution in [0.3, 0.4) is 0 Å². The van der Waals surface area contributed by atoms with Gasteiger partial charge in [0.15, 0.2) is 0 Å². The van der Waals surface area contributed by atoms with Gasteiger partial charge in [-0.15, -0.1) is 0 Å². The third-order valence-electron chi connectivity index (χ3n) is 4.04. The number of nitrogens with one attached hydrogen (secondary N) is 1. The Morgan fingerprint density at radius 2 is 1.96 bits per heavy atom. The van der Waals surface area contributed by atoms with Gasteiger partial charge in [-0.3, -0.25) is 10.2 Å². The van der Waals surface area contributed by atoms with E-state index in [4.69, 9.17) is 0 Å². The van der Waals surface area contributed by atoms with E-state index in [-0.39, 0.29) is 5.91 Å². The van der Waals surface area contributed by atoms with Crippen LogP contribution in [0.15, 0.2) is 53.6 Å². The highest BCUT2D eigenvalue weighted by Gasteiger charge is 2.21. The summed E-state index contributed by atoms with van der Waals surface area (Å²) in [6.45, 7) is 4.85. The number of hydrogen-bond donors (Lipinski definition) is 1. The number of aryl methyl sites for hydroxylation is 1. The Balaban J connectivity index is 1.71. The lowest BCUT2D eigenvalue weighted by Crippen LogP contribution is -2.23. The second-order valence-corrected chi connectivity index (χ2v) is 5.87. The van der Waals surface area contributed by atoms with E-state index in [9.17, 15) is 4.79 Å². The van der Waals surface area contributed by atoms with Gasteiger partial charge in [0.1, 0.15) is 0 Å². The molecule has 0 aromatic heterocycles. The lowest BCUT2D eigenvalue weighted by Gasteiger charge is -2.15. The number of carbonyl (C=O) groups excluding carboxylic acids is 1. The van der Waals surface area contributed by atoms with Gasteiger partial charge in [0, 0.05) is 18.7 Å². The van der Waals surface area contributed by atoms with E-state index in [0.29, 0.717) is 6.42 Å². The van der Waals surface area contributed by atoms with Crippen molar-refractivity contribution in [2.24, 2.45) is 5.10 Å². The van der Waals surface area contributed by atoms with Crippen LogP contribution in [0.1, 0.15) is 30.9 Å². The van der Waals surface area contributed by atoms with Crippen molar-refractivity contribution < 1.29 is 4.79 Å². The highest BCUT2D eigenvalue weighted by molar-refractivity contribution is 6.00. The number of rotatable bonds is 4. The number of benzene rings is 2. The van der Waals surface area contributed by atoms with Crippen LogP contribution in [0, 0.1) is 6.92 Å². The van der Waals surface area contributed by atoms with Gasteiger partial charge in [-0.2, -0.15) is 5.10 Å². The van der Waals surface area contributed by atoms with Crippen LogP contribution in [-0.4, -0.2) is 18.2 Å². The summed E-state index contributed by atoms with van der Waals surface area (Å²) in [5.74, 6) is 0.212. The van der Waals surface area contributed by atoms with E-state index >= 15 is 0 Å². The Morgan fingerprint density at radius 3 is 2.61 bits per heavy atom. The molecule has 0 unspecified atom stereocenters. The van der Waals surface area contributed by atoms with E-state index < -0.39 is 0 Å². The van der Waals surface area contributed by atoms with Crippen molar-refractivity contribution in [2.45, 2.75) is 26.7 Å². The third kappa shape index (κ3) is 3.59. The fourth-order valence-electron chi connectivity index (χ4n) is 2.73. The van der Waals surface area contributed by atoms with Crippen LogP contribution >= 0.6 is 0 Å². The lowest BCUT2D eigenvalue weighted by atomic mass is 10.1. The smallest absolute Gasteiger partial charge is 0.227 e. The molecule has 0 spiro atoms. The summed E-state index contributed by atoms with van der Waals surface area (Å²) in [6.07, 6.45) is 1.60. The standard InChI is InChI=1S/C19H21N3O/c1-14-5-3-6-17(13-14)21-20-15(2)16-8-10-18(11-9-16)22-12-4-7-19(22)23/h3,5-6,8-11,13,21H,4,7,12H2,1-2H3/b20-15-. The van der Waals surface area contributed by atoms with E-state index in [1.165, 1.54) is 5.56 Å². The maximum absolute atomic E-state index is 11.8. The van der Waals surface area contributed by atoms with Crippen LogP contribution < -0.4 is 10.3 Å². The summed E-state index contributed by atoms with van der Waals surface area (Å²) in [5.41, 5.74) is 8.17. The molecule has 0 radical (unpaired) electrons. The van der Waals surface area contributed by atoms with Crippen molar-refractivity contribution in [1.29, 1.82) is 0 Å². The molecule has 118 valence electrons. The van der Waals surface area contributed by atoms with Gasteiger partial charge in [0.25, 0.3) is 0 Å². The van der Waals surface area contributed by atoms with Crippen molar-refractivity contribution in [2.75, 3.05) is 16.9 Å². The van der Waals surface area contributed by atoms with Crippen LogP contribution in [0.2, 0.25) is 0 Å². The quantitative estimate of drug-likeness (QED) is 0.686. The van der Waals surface area contributed by atoms with Crippen LogP contribution in [0.25, 0.3) is 0 Å². The van der Waals surface area contributed by atoms with Crippen LogP contribution in [0.5, 0.6) is 0 Å². The van der Waals surface area contributed by atoms with Gasteiger partial charge in [-0.25, -0.2) is 0 Å². The summed E-state index contributed by atoms with van der Waals surface area (Å²) < 4.78 is 0. The summed E-state index contributed by atoms with van der Waals surface area (Å²) in [4.78, 5) is 13.6. The fraction of sp³-hybridized carbons (Fsp3) is 0.263. The molecule has 2 aromatic carbocycles. The highest BCUT2D eigenvalue weighted by atomic mass is 16.2. The molecule has 2 aromatic rings. The summed E-state index contributed by atoms with van der Waals surface area (Å²) in [5, 5.41) is 4.43. The zero-order chi connectivity index (χ0) is 16.2. The molecule has 1 saturated heterocycles. The van der Waals surface area contributed by atoms with Gasteiger partial charge < -0.3 is 4.90 Å². The van der Waals surface area contributed by atoms with Crippen molar-refractivity contribution >= 4 is 23.0 Å². The van der Waals surface area contributed by atoms with Gasteiger partial charge >= 0.3 is 0 Å². The topological polar surface area (TPSA) is 44.7 Å². The minimum absolute atomic E-state index is 0.212. The summed E-state index contributed by atoms with van der Waals surface area (Å²) in [6, 6.07) is 16.1. The molecule has 3 rings (SSSR count). The maximum atomic E-state index is 11.8. The Hall–Kier alpha value is -2.62. The molecule has 1 N–H and O–H groups in total. The molecule has 1 heterocycles. The number of nitrogens with zero attached hydrogens (tertiary/aromatic N) is 2. The molecule has 1 aliphatic heterocycles. The van der Waals surface area contributed by atoms with E-state index in [1.54, 1.807) is 0 Å². The van der Waals surface area contributed by atoms with Crippen molar-refractivity contribution in [3.63, 3.8) is 0 Å². The number of amides is 1. The number of carbonyl (C=O) groups is 1. The van der Waals surface area contributed by atoms with Gasteiger partial charge in [0.05, 0.1) is 11.4 Å². The molecular weight excluding hydrogens is 286 g/mol. The highest BCUT2D eigenvalue weighted by Crippen LogP contribution is 2.21. The molecule has 1 aliphatic rings. The Labute approximate surface area is 136 Å². The number of anilines is 2.